The molecule has 35 heavy (non-hydrogen) atoms. The summed E-state index contributed by atoms with van der Waals surface area (Å²) in [5, 5.41) is 7.32. The van der Waals surface area contributed by atoms with Gasteiger partial charge in [-0.2, -0.15) is 4.98 Å². The van der Waals surface area contributed by atoms with Gasteiger partial charge in [0.25, 0.3) is 5.89 Å². The van der Waals surface area contributed by atoms with Crippen LogP contribution in [0, 0.1) is 20.8 Å². The second-order valence-electron chi connectivity index (χ2n) is 8.53. The van der Waals surface area contributed by atoms with E-state index in [2.05, 4.69) is 20.4 Å². The van der Waals surface area contributed by atoms with E-state index in [4.69, 9.17) is 4.52 Å². The molecule has 8 nitrogen and oxygen atoms in total. The van der Waals surface area contributed by atoms with Crippen LogP contribution in [0.25, 0.3) is 33.9 Å². The first-order chi connectivity index (χ1) is 16.9. The lowest BCUT2D eigenvalue weighted by Crippen LogP contribution is -2.22. The highest BCUT2D eigenvalue weighted by atomic mass is 16.5. The topological polar surface area (TPSA) is 103 Å². The molecule has 0 atom stereocenters. The Bertz CT molecular complexity index is 1620. The van der Waals surface area contributed by atoms with Crippen LogP contribution >= 0.6 is 0 Å². The number of anilines is 1. The Morgan fingerprint density at radius 1 is 0.971 bits per heavy atom. The molecule has 0 fully saturated rings. The Hall–Kier alpha value is -4.59. The van der Waals surface area contributed by atoms with Gasteiger partial charge in [0.05, 0.1) is 5.39 Å². The van der Waals surface area contributed by atoms with Crippen LogP contribution in [0.3, 0.4) is 0 Å². The first-order valence-corrected chi connectivity index (χ1v) is 11.2. The Labute approximate surface area is 201 Å². The molecule has 0 aliphatic rings. The van der Waals surface area contributed by atoms with E-state index >= 15 is 0 Å². The second kappa shape index (κ2) is 8.98. The van der Waals surface area contributed by atoms with Gasteiger partial charge in [-0.15, -0.1) is 0 Å². The number of fused-ring (bicyclic) bond motifs is 1. The third kappa shape index (κ3) is 4.59. The Kier molecular flexibility index (Phi) is 5.70. The quantitative estimate of drug-likeness (QED) is 0.404. The molecule has 3 heterocycles. The zero-order chi connectivity index (χ0) is 24.5. The molecule has 1 N–H and O–H groups in total. The minimum Gasteiger partial charge on any atom is -0.333 e. The smallest absolute Gasteiger partial charge is 0.263 e. The zero-order valence-electron chi connectivity index (χ0n) is 19.6. The first-order valence-electron chi connectivity index (χ1n) is 11.2. The molecule has 0 unspecified atom stereocenters. The van der Waals surface area contributed by atoms with E-state index in [0.717, 1.165) is 22.4 Å². The minimum atomic E-state index is -0.290. The van der Waals surface area contributed by atoms with E-state index in [1.54, 1.807) is 22.9 Å². The van der Waals surface area contributed by atoms with Crippen LogP contribution in [0.15, 0.2) is 76.2 Å². The number of benzene rings is 2. The number of aryl methyl sites for hydroxylation is 3. The fraction of sp³-hybridized carbons (Fsp3) is 0.148. The normalized spacial score (nSPS) is 11.1. The summed E-state index contributed by atoms with van der Waals surface area (Å²) < 4.78 is 7.10. The largest absolute Gasteiger partial charge is 0.333 e. The molecule has 5 rings (SSSR count). The van der Waals surface area contributed by atoms with Crippen molar-refractivity contribution in [3.63, 3.8) is 0 Å². The predicted octanol–water partition coefficient (Wildman–Crippen LogP) is 4.68. The summed E-state index contributed by atoms with van der Waals surface area (Å²) in [5.41, 5.74) is 4.69. The summed E-state index contributed by atoms with van der Waals surface area (Å²) in [5.74, 6) is 0.215. The van der Waals surface area contributed by atoms with Crippen molar-refractivity contribution in [3.05, 3.63) is 93.9 Å². The molecule has 0 radical (unpaired) electrons. The Balaban J connectivity index is 1.55. The number of hydrogen-bond donors (Lipinski definition) is 1. The first kappa shape index (κ1) is 22.2. The fourth-order valence-corrected chi connectivity index (χ4v) is 3.86. The minimum absolute atomic E-state index is 0.0485. The molecule has 0 aliphatic carbocycles. The van der Waals surface area contributed by atoms with E-state index < -0.39 is 0 Å². The number of amides is 1. The van der Waals surface area contributed by atoms with Gasteiger partial charge >= 0.3 is 0 Å². The van der Waals surface area contributed by atoms with Crippen molar-refractivity contribution < 1.29 is 9.32 Å². The summed E-state index contributed by atoms with van der Waals surface area (Å²) in [6.07, 6.45) is 1.55. The highest BCUT2D eigenvalue weighted by molar-refractivity contribution is 5.92. The third-order valence-corrected chi connectivity index (χ3v) is 5.64. The highest BCUT2D eigenvalue weighted by Gasteiger charge is 2.19. The van der Waals surface area contributed by atoms with Gasteiger partial charge in [-0.05, 0) is 50.6 Å². The van der Waals surface area contributed by atoms with Crippen LogP contribution in [0.5, 0.6) is 0 Å². The van der Waals surface area contributed by atoms with Crippen LogP contribution < -0.4 is 10.7 Å². The van der Waals surface area contributed by atoms with Crippen molar-refractivity contribution in [1.82, 2.24) is 19.7 Å². The van der Waals surface area contributed by atoms with Gasteiger partial charge in [-0.25, -0.2) is 4.98 Å². The maximum atomic E-state index is 13.3. The monoisotopic (exact) mass is 465 g/mol. The molecular weight excluding hydrogens is 442 g/mol. The lowest BCUT2D eigenvalue weighted by atomic mass is 10.1. The summed E-state index contributed by atoms with van der Waals surface area (Å²) in [6, 6.07) is 18.7. The van der Waals surface area contributed by atoms with Gasteiger partial charge in [0.2, 0.25) is 17.2 Å². The molecule has 0 saturated heterocycles. The van der Waals surface area contributed by atoms with E-state index in [9.17, 15) is 9.59 Å². The third-order valence-electron chi connectivity index (χ3n) is 5.64. The molecule has 1 amide bonds. The van der Waals surface area contributed by atoms with Crippen LogP contribution in [-0.4, -0.2) is 25.6 Å². The van der Waals surface area contributed by atoms with Crippen molar-refractivity contribution in [2.75, 3.05) is 5.32 Å². The number of aromatic nitrogens is 4. The summed E-state index contributed by atoms with van der Waals surface area (Å²) >= 11 is 0. The molecule has 2 aromatic carbocycles. The number of pyridine rings is 2. The van der Waals surface area contributed by atoms with E-state index in [1.807, 2.05) is 69.3 Å². The number of carbonyl (C=O) groups is 1. The number of hydrogen-bond acceptors (Lipinski definition) is 6. The Morgan fingerprint density at radius 3 is 2.54 bits per heavy atom. The average Bonchev–Trinajstić information content (AvgIpc) is 3.31. The van der Waals surface area contributed by atoms with Crippen molar-refractivity contribution >= 4 is 22.6 Å². The van der Waals surface area contributed by atoms with E-state index in [1.165, 1.54) is 0 Å². The van der Waals surface area contributed by atoms with E-state index in [0.29, 0.717) is 22.5 Å². The maximum Gasteiger partial charge on any atom is 0.263 e. The molecule has 5 aromatic rings. The molecule has 3 aromatic heterocycles. The van der Waals surface area contributed by atoms with Crippen molar-refractivity contribution in [2.24, 2.45) is 0 Å². The van der Waals surface area contributed by atoms with Crippen LogP contribution in [0.4, 0.5) is 5.69 Å². The van der Waals surface area contributed by atoms with Crippen molar-refractivity contribution in [2.45, 2.75) is 27.3 Å². The highest BCUT2D eigenvalue weighted by Crippen LogP contribution is 2.23. The fourth-order valence-electron chi connectivity index (χ4n) is 3.86. The van der Waals surface area contributed by atoms with Crippen molar-refractivity contribution in [3.8, 4) is 22.8 Å². The van der Waals surface area contributed by atoms with Gasteiger partial charge in [0, 0.05) is 23.1 Å². The predicted molar refractivity (Wildman–Crippen MR) is 134 cm³/mol. The van der Waals surface area contributed by atoms with Gasteiger partial charge in [0.1, 0.15) is 17.8 Å². The van der Waals surface area contributed by atoms with Gasteiger partial charge in [0.15, 0.2) is 0 Å². The lowest BCUT2D eigenvalue weighted by Gasteiger charge is -2.12. The van der Waals surface area contributed by atoms with Crippen molar-refractivity contribution in [1.29, 1.82) is 0 Å². The SMILES string of the molecule is Cc1ccc(-c2noc(-c3cn(CC(=O)Nc4cccc(C)c4)c4nc(C)ccc4c3=O)n2)cc1. The molecule has 0 saturated carbocycles. The van der Waals surface area contributed by atoms with Gasteiger partial charge in [-0.1, -0.05) is 47.1 Å². The molecular formula is C27H23N5O3. The zero-order valence-corrected chi connectivity index (χ0v) is 19.6. The molecule has 0 bridgehead atoms. The average molecular weight is 466 g/mol. The number of carbonyl (C=O) groups excluding carboxylic acids is 1. The molecule has 8 heteroatoms. The summed E-state index contributed by atoms with van der Waals surface area (Å²) in [7, 11) is 0. The standard InChI is InChI=1S/C27H23N5O3/c1-16-7-10-19(11-8-16)25-30-27(35-31-25)22-14-32(26-21(24(22)34)12-9-18(3)28-26)15-23(33)29-20-6-4-5-17(2)13-20/h4-14H,15H2,1-3H3,(H,29,33). The number of nitrogens with one attached hydrogen (secondary N) is 1. The van der Waals surface area contributed by atoms with Gasteiger partial charge < -0.3 is 14.4 Å². The van der Waals surface area contributed by atoms with E-state index in [-0.39, 0.29) is 29.3 Å². The Morgan fingerprint density at radius 2 is 1.77 bits per heavy atom. The molecule has 174 valence electrons. The summed E-state index contributed by atoms with van der Waals surface area (Å²) in [6.45, 7) is 5.74. The summed E-state index contributed by atoms with van der Waals surface area (Å²) in [4.78, 5) is 35.2. The van der Waals surface area contributed by atoms with Gasteiger partial charge in [-0.3, -0.25) is 9.59 Å². The number of rotatable bonds is 5. The number of nitrogens with zero attached hydrogens (tertiary/aromatic N) is 4. The molecule has 0 aliphatic heterocycles. The maximum absolute atomic E-state index is 13.3. The van der Waals surface area contributed by atoms with Crippen LogP contribution in [0.1, 0.15) is 16.8 Å². The van der Waals surface area contributed by atoms with Crippen LogP contribution in [0.2, 0.25) is 0 Å². The lowest BCUT2D eigenvalue weighted by molar-refractivity contribution is -0.116. The molecule has 0 spiro atoms. The second-order valence-corrected chi connectivity index (χ2v) is 8.53. The van der Waals surface area contributed by atoms with Crippen LogP contribution in [-0.2, 0) is 11.3 Å².